The molecule has 0 saturated heterocycles. The average molecular weight is 456 g/mol. The molecule has 0 aromatic heterocycles. The van der Waals surface area contributed by atoms with Gasteiger partial charge in [0.25, 0.3) is 0 Å². The van der Waals surface area contributed by atoms with Gasteiger partial charge in [-0.2, -0.15) is 0 Å². The van der Waals surface area contributed by atoms with Crippen molar-refractivity contribution in [1.29, 1.82) is 0 Å². The largest absolute Gasteiger partial charge is 0.380 e. The Labute approximate surface area is 175 Å². The molecule has 2 aromatic carbocycles. The molecule has 148 valence electrons. The lowest BCUT2D eigenvalue weighted by Crippen LogP contribution is -2.35. The van der Waals surface area contributed by atoms with E-state index in [1.807, 2.05) is 24.3 Å². The number of carbonyl (C=O) groups is 2. The molecule has 1 aliphatic heterocycles. The zero-order valence-electron chi connectivity index (χ0n) is 15.9. The van der Waals surface area contributed by atoms with Crippen LogP contribution >= 0.6 is 15.9 Å². The predicted molar refractivity (Wildman–Crippen MR) is 114 cm³/mol. The Balaban J connectivity index is 1.70. The van der Waals surface area contributed by atoms with Gasteiger partial charge in [0.15, 0.2) is 11.6 Å². The number of carbonyl (C=O) groups excluding carboxylic acids is 2. The Morgan fingerprint density at radius 1 is 1.03 bits per heavy atom. The van der Waals surface area contributed by atoms with Crippen molar-refractivity contribution >= 4 is 39.2 Å². The van der Waals surface area contributed by atoms with E-state index in [1.54, 1.807) is 31.2 Å². The quantitative estimate of drug-likeness (QED) is 0.213. The maximum atomic E-state index is 12.6. The monoisotopic (exact) mass is 455 g/mol. The van der Waals surface area contributed by atoms with E-state index in [4.69, 9.17) is 0 Å². The number of alkyl halides is 1. The molecule has 8 heteroatoms. The second-order valence-corrected chi connectivity index (χ2v) is 8.15. The van der Waals surface area contributed by atoms with Crippen LogP contribution in [0.2, 0.25) is 0 Å². The molecule has 1 heterocycles. The second kappa shape index (κ2) is 8.16. The first-order valence-electron chi connectivity index (χ1n) is 8.89. The highest BCUT2D eigenvalue weighted by molar-refractivity contribution is 9.10. The Bertz CT molecular complexity index is 1040. The van der Waals surface area contributed by atoms with E-state index in [0.717, 1.165) is 11.1 Å². The molecule has 0 amide bonds. The summed E-state index contributed by atoms with van der Waals surface area (Å²) in [7, 11) is 0. The summed E-state index contributed by atoms with van der Waals surface area (Å²) < 4.78 is -1.44. The van der Waals surface area contributed by atoms with Gasteiger partial charge < -0.3 is 10.1 Å². The molecule has 0 radical (unpaired) electrons. The van der Waals surface area contributed by atoms with Crippen molar-refractivity contribution in [3.8, 4) is 0 Å². The molecule has 0 N–H and O–H groups in total. The van der Waals surface area contributed by atoms with Gasteiger partial charge in [-0.25, -0.2) is 4.99 Å². The summed E-state index contributed by atoms with van der Waals surface area (Å²) in [6.45, 7) is 3.08. The van der Waals surface area contributed by atoms with Crippen LogP contribution in [0.1, 0.15) is 52.1 Å². The highest BCUT2D eigenvalue weighted by atomic mass is 79.9. The molecule has 1 aliphatic rings. The van der Waals surface area contributed by atoms with E-state index in [-0.39, 0.29) is 29.7 Å². The van der Waals surface area contributed by atoms with Crippen LogP contribution in [0.5, 0.6) is 0 Å². The van der Waals surface area contributed by atoms with Gasteiger partial charge in [-0.15, -0.1) is 0 Å². The first kappa shape index (κ1) is 20.7. The zero-order chi connectivity index (χ0) is 21.2. The van der Waals surface area contributed by atoms with Crippen molar-refractivity contribution in [2.24, 2.45) is 9.98 Å². The first-order valence-corrected chi connectivity index (χ1v) is 9.68. The van der Waals surface area contributed by atoms with E-state index in [2.05, 4.69) is 25.9 Å². The number of hydrogen-bond donors (Lipinski definition) is 0. The van der Waals surface area contributed by atoms with Crippen LogP contribution in [-0.4, -0.2) is 32.6 Å². The summed E-state index contributed by atoms with van der Waals surface area (Å²) in [5.74, 6) is -0.371. The van der Waals surface area contributed by atoms with Gasteiger partial charge in [-0.3, -0.25) is 9.59 Å². The van der Waals surface area contributed by atoms with Gasteiger partial charge in [-0.05, 0) is 50.3 Å². The SMILES string of the molecule is CC(=O)c1ccc(Cc2ccc(C(=O)CC3(Br)N=C(C)N=C3[N+](=O)[O-])cc2)cc1. The summed E-state index contributed by atoms with van der Waals surface area (Å²) in [6, 6.07) is 14.5. The summed E-state index contributed by atoms with van der Waals surface area (Å²) in [5, 5.41) is 11.2. The number of Topliss-reactive ketones (excluding diaryl/α,β-unsaturated/α-hetero) is 2. The van der Waals surface area contributed by atoms with Crippen molar-refractivity contribution in [3.63, 3.8) is 0 Å². The number of halogens is 1. The lowest BCUT2D eigenvalue weighted by atomic mass is 9.99. The number of amidine groups is 2. The molecule has 1 atom stereocenters. The minimum atomic E-state index is -1.44. The number of ketones is 2. The number of hydrogen-bond acceptors (Lipinski definition) is 6. The Kier molecular flexibility index (Phi) is 5.83. The highest BCUT2D eigenvalue weighted by Crippen LogP contribution is 2.32. The molecule has 29 heavy (non-hydrogen) atoms. The zero-order valence-corrected chi connectivity index (χ0v) is 17.5. The van der Waals surface area contributed by atoms with Crippen LogP contribution in [0.15, 0.2) is 58.5 Å². The van der Waals surface area contributed by atoms with Gasteiger partial charge in [-0.1, -0.05) is 48.5 Å². The van der Waals surface area contributed by atoms with E-state index in [9.17, 15) is 19.7 Å². The number of aliphatic imine (C=N–C) groups is 2. The maximum Gasteiger partial charge on any atom is 0.380 e. The van der Waals surface area contributed by atoms with E-state index < -0.39 is 9.37 Å². The van der Waals surface area contributed by atoms with Crippen molar-refractivity contribution in [1.82, 2.24) is 0 Å². The fourth-order valence-corrected chi connectivity index (χ4v) is 3.83. The number of benzene rings is 2. The van der Waals surface area contributed by atoms with Crippen LogP contribution in [0.25, 0.3) is 0 Å². The molecular formula is C21H18BrN3O4. The fraction of sp³-hybridized carbons (Fsp3) is 0.238. The van der Waals surface area contributed by atoms with Crippen LogP contribution in [-0.2, 0) is 6.42 Å². The summed E-state index contributed by atoms with van der Waals surface area (Å²) in [4.78, 5) is 42.5. The van der Waals surface area contributed by atoms with Crippen LogP contribution in [0.4, 0.5) is 0 Å². The molecule has 1 unspecified atom stereocenters. The van der Waals surface area contributed by atoms with Gasteiger partial charge in [0.1, 0.15) is 0 Å². The summed E-state index contributed by atoms with van der Waals surface area (Å²) >= 11 is 3.22. The molecule has 2 aromatic rings. The lowest BCUT2D eigenvalue weighted by molar-refractivity contribution is -0.354. The topological polar surface area (TPSA) is 102 Å². The van der Waals surface area contributed by atoms with Gasteiger partial charge >= 0.3 is 5.84 Å². The molecule has 0 fully saturated rings. The number of nitrogens with zero attached hydrogens (tertiary/aromatic N) is 3. The van der Waals surface area contributed by atoms with E-state index >= 15 is 0 Å². The van der Waals surface area contributed by atoms with E-state index in [1.165, 1.54) is 6.92 Å². The highest BCUT2D eigenvalue weighted by Gasteiger charge is 2.48. The van der Waals surface area contributed by atoms with Gasteiger partial charge in [0.05, 0.1) is 6.42 Å². The third kappa shape index (κ3) is 4.71. The molecule has 7 nitrogen and oxygen atoms in total. The minimum absolute atomic E-state index is 0.0241. The third-order valence-electron chi connectivity index (χ3n) is 4.56. The second-order valence-electron chi connectivity index (χ2n) is 6.84. The normalized spacial score (nSPS) is 18.2. The standard InChI is InChI=1S/C21H18BrN3O4/c1-13(26)17-7-3-15(4-8-17)11-16-5-9-18(10-6-16)19(27)12-21(22)20(25(28)29)23-14(2)24-21/h3-10H,11-12H2,1-2H3. The lowest BCUT2D eigenvalue weighted by Gasteiger charge is -2.15. The predicted octanol–water partition coefficient (Wildman–Crippen LogP) is 4.25. The third-order valence-corrected chi connectivity index (χ3v) is 5.37. The van der Waals surface area contributed by atoms with Crippen LogP contribution < -0.4 is 0 Å². The van der Waals surface area contributed by atoms with Crippen LogP contribution in [0.3, 0.4) is 0 Å². The summed E-state index contributed by atoms with van der Waals surface area (Å²) in [5.41, 5.74) is 3.17. The van der Waals surface area contributed by atoms with Crippen molar-refractivity contribution in [3.05, 3.63) is 80.9 Å². The Hall–Kier alpha value is -3.00. The van der Waals surface area contributed by atoms with Gasteiger partial charge in [0, 0.05) is 18.1 Å². The smallest absolute Gasteiger partial charge is 0.358 e. The molecular weight excluding hydrogens is 438 g/mol. The maximum absolute atomic E-state index is 12.6. The summed E-state index contributed by atoms with van der Waals surface area (Å²) in [6.07, 6.45) is 0.465. The Morgan fingerprint density at radius 3 is 2.03 bits per heavy atom. The molecule has 3 rings (SSSR count). The number of nitro groups is 1. The molecule has 0 bridgehead atoms. The van der Waals surface area contributed by atoms with Crippen molar-refractivity contribution < 1.29 is 14.5 Å². The first-order chi connectivity index (χ1) is 13.7. The Morgan fingerprint density at radius 2 is 1.55 bits per heavy atom. The van der Waals surface area contributed by atoms with Gasteiger partial charge in [0.2, 0.25) is 10.3 Å². The molecule has 0 saturated carbocycles. The molecule has 0 aliphatic carbocycles. The van der Waals surface area contributed by atoms with E-state index in [0.29, 0.717) is 17.5 Å². The minimum Gasteiger partial charge on any atom is -0.358 e. The number of rotatable bonds is 6. The average Bonchev–Trinajstić information content (AvgIpc) is 2.97. The molecule has 0 spiro atoms. The van der Waals surface area contributed by atoms with Crippen molar-refractivity contribution in [2.45, 2.75) is 31.1 Å². The van der Waals surface area contributed by atoms with Crippen molar-refractivity contribution in [2.75, 3.05) is 0 Å². The van der Waals surface area contributed by atoms with Crippen LogP contribution in [0, 0.1) is 10.1 Å². The fourth-order valence-electron chi connectivity index (χ4n) is 3.09.